The molecule has 4 aromatic rings. The van der Waals surface area contributed by atoms with Crippen molar-refractivity contribution in [2.75, 3.05) is 38.3 Å². The first-order chi connectivity index (χ1) is 22.4. The van der Waals surface area contributed by atoms with Gasteiger partial charge in [0.05, 0.1) is 42.9 Å². The Kier molecular flexibility index (Phi) is 8.44. The molecule has 7 rings (SSSR count). The molecule has 2 aromatic carbocycles. The molecule has 1 aliphatic carbocycles. The van der Waals surface area contributed by atoms with Crippen LogP contribution in [-0.2, 0) is 29.2 Å². The lowest BCUT2D eigenvalue weighted by Gasteiger charge is -2.40. The molecule has 0 N–H and O–H groups in total. The second-order valence-corrected chi connectivity index (χ2v) is 12.4. The van der Waals surface area contributed by atoms with Gasteiger partial charge in [-0.2, -0.15) is 4.98 Å². The second kappa shape index (κ2) is 12.8. The van der Waals surface area contributed by atoms with Crippen LogP contribution in [0.5, 0.6) is 5.88 Å². The number of ketones is 1. The Morgan fingerprint density at radius 3 is 2.57 bits per heavy atom. The summed E-state index contributed by atoms with van der Waals surface area (Å²) in [6, 6.07) is 16.0. The van der Waals surface area contributed by atoms with Crippen molar-refractivity contribution in [3.05, 3.63) is 82.9 Å². The lowest BCUT2D eigenvalue weighted by molar-refractivity contribution is -0.0592. The number of benzene rings is 2. The van der Waals surface area contributed by atoms with Crippen LogP contribution in [0.4, 0.5) is 10.2 Å². The van der Waals surface area contributed by atoms with E-state index in [2.05, 4.69) is 21.3 Å². The van der Waals surface area contributed by atoms with Crippen molar-refractivity contribution in [1.29, 1.82) is 0 Å². The third-order valence-corrected chi connectivity index (χ3v) is 9.23. The van der Waals surface area contributed by atoms with Crippen LogP contribution in [0.2, 0.25) is 0 Å². The van der Waals surface area contributed by atoms with Crippen molar-refractivity contribution < 1.29 is 28.2 Å². The highest BCUT2D eigenvalue weighted by atomic mass is 19.1. The average molecular weight is 628 g/mol. The average Bonchev–Trinajstić information content (AvgIpc) is 3.84. The van der Waals surface area contributed by atoms with Gasteiger partial charge >= 0.3 is 5.97 Å². The van der Waals surface area contributed by atoms with Crippen LogP contribution >= 0.6 is 0 Å². The van der Waals surface area contributed by atoms with Crippen LogP contribution in [0.15, 0.2) is 54.6 Å². The number of pyridine rings is 1. The number of anilines is 1. The van der Waals surface area contributed by atoms with Crippen LogP contribution in [0, 0.1) is 11.7 Å². The highest BCUT2D eigenvalue weighted by Gasteiger charge is 2.31. The number of hydrogen-bond acceptors (Lipinski definition) is 9. The Balaban J connectivity index is 1.01. The summed E-state index contributed by atoms with van der Waals surface area (Å²) in [4.78, 5) is 38.9. The van der Waals surface area contributed by atoms with E-state index >= 15 is 0 Å². The van der Waals surface area contributed by atoms with Gasteiger partial charge in [0.25, 0.3) is 0 Å². The monoisotopic (exact) mass is 627 g/mol. The summed E-state index contributed by atoms with van der Waals surface area (Å²) in [5, 5.41) is 0. The van der Waals surface area contributed by atoms with Gasteiger partial charge < -0.3 is 23.7 Å². The standard InChI is InChI=1S/C35H38FN5O5/c1-22-18-40(31-4-3-5-33(38-31)46-21-26-9-8-24(16-28(26)36)34(42)23-6-7-23)14-13-39(22)20-32-37-29-11-10-25(35(43)44-2)17-30(29)41(32)19-27-12-15-45-27/h3-5,8-11,16-17,22-23,27H,6-7,12-15,18-21H2,1-2H3/t22-,27-/m0/s1. The molecule has 0 radical (unpaired) electrons. The van der Waals surface area contributed by atoms with E-state index in [9.17, 15) is 14.0 Å². The summed E-state index contributed by atoms with van der Waals surface area (Å²) >= 11 is 0. The molecule has 2 aliphatic heterocycles. The first-order valence-corrected chi connectivity index (χ1v) is 16.0. The molecule has 0 bridgehead atoms. The molecule has 0 unspecified atom stereocenters. The highest BCUT2D eigenvalue weighted by Crippen LogP contribution is 2.33. The minimum Gasteiger partial charge on any atom is -0.473 e. The number of carbonyl (C=O) groups is 2. The van der Waals surface area contributed by atoms with Crippen molar-refractivity contribution in [3.8, 4) is 5.88 Å². The van der Waals surface area contributed by atoms with Crippen LogP contribution in [0.3, 0.4) is 0 Å². The number of fused-ring (bicyclic) bond motifs is 1. The second-order valence-electron chi connectivity index (χ2n) is 12.4. The first-order valence-electron chi connectivity index (χ1n) is 16.0. The Labute approximate surface area is 267 Å². The zero-order valence-corrected chi connectivity index (χ0v) is 26.2. The van der Waals surface area contributed by atoms with E-state index in [0.29, 0.717) is 35.7 Å². The maximum absolute atomic E-state index is 14.7. The quantitative estimate of drug-likeness (QED) is 0.168. The third-order valence-electron chi connectivity index (χ3n) is 9.23. The van der Waals surface area contributed by atoms with Crippen molar-refractivity contribution >= 4 is 28.6 Å². The molecule has 3 fully saturated rings. The summed E-state index contributed by atoms with van der Waals surface area (Å²) in [6.07, 6.45) is 2.92. The molecule has 2 aromatic heterocycles. The number of ether oxygens (including phenoxy) is 3. The SMILES string of the molecule is COC(=O)c1ccc2nc(CN3CCN(c4cccc(OCc5ccc(C(=O)C6CC6)cc5F)n4)C[C@@H]3C)n(C[C@@H]3CCO3)c2c1. The van der Waals surface area contributed by atoms with E-state index in [4.69, 9.17) is 24.2 Å². The molecule has 0 spiro atoms. The smallest absolute Gasteiger partial charge is 0.337 e. The number of halogens is 1. The Morgan fingerprint density at radius 2 is 1.85 bits per heavy atom. The predicted octanol–water partition coefficient (Wildman–Crippen LogP) is 5.03. The Bertz CT molecular complexity index is 1770. The van der Waals surface area contributed by atoms with Gasteiger partial charge in [-0.25, -0.2) is 14.2 Å². The first kappa shape index (κ1) is 30.3. The lowest BCUT2D eigenvalue weighted by Crippen LogP contribution is -2.52. The highest BCUT2D eigenvalue weighted by molar-refractivity contribution is 5.99. The van der Waals surface area contributed by atoms with E-state index in [-0.39, 0.29) is 36.4 Å². The lowest BCUT2D eigenvalue weighted by atomic mass is 10.0. The molecule has 0 amide bonds. The van der Waals surface area contributed by atoms with E-state index in [1.807, 2.05) is 24.3 Å². The number of methoxy groups -OCH3 is 1. The molecule has 11 heteroatoms. The molecule has 3 aliphatic rings. The number of carbonyl (C=O) groups excluding carboxylic acids is 2. The molecule has 10 nitrogen and oxygen atoms in total. The van der Waals surface area contributed by atoms with Crippen LogP contribution < -0.4 is 9.64 Å². The van der Waals surface area contributed by atoms with Gasteiger partial charge in [0.15, 0.2) is 5.78 Å². The fraction of sp³-hybridized carbons (Fsp3) is 0.429. The fourth-order valence-electron chi connectivity index (χ4n) is 6.20. The van der Waals surface area contributed by atoms with E-state index in [1.165, 1.54) is 13.2 Å². The fourth-order valence-corrected chi connectivity index (χ4v) is 6.20. The molecule has 4 heterocycles. The number of piperazine rings is 1. The van der Waals surface area contributed by atoms with Crippen LogP contribution in [0.25, 0.3) is 11.0 Å². The van der Waals surface area contributed by atoms with E-state index in [1.54, 1.807) is 24.3 Å². The zero-order valence-electron chi connectivity index (χ0n) is 26.2. The van der Waals surface area contributed by atoms with Gasteiger partial charge in [0, 0.05) is 55.4 Å². The molecular weight excluding hydrogens is 589 g/mol. The van der Waals surface area contributed by atoms with Crippen LogP contribution in [-0.4, -0.2) is 76.7 Å². The number of esters is 1. The van der Waals surface area contributed by atoms with Gasteiger partial charge in [-0.15, -0.1) is 0 Å². The molecule has 240 valence electrons. The van der Waals surface area contributed by atoms with Crippen molar-refractivity contribution in [2.45, 2.75) is 58.0 Å². The van der Waals surface area contributed by atoms with E-state index < -0.39 is 5.82 Å². The zero-order chi connectivity index (χ0) is 31.8. The third kappa shape index (κ3) is 6.34. The normalized spacial score (nSPS) is 20.0. The van der Waals surface area contributed by atoms with Gasteiger partial charge in [-0.05, 0) is 56.5 Å². The number of nitrogens with zero attached hydrogens (tertiary/aromatic N) is 5. The Morgan fingerprint density at radius 1 is 1.02 bits per heavy atom. The number of aromatic nitrogens is 3. The van der Waals surface area contributed by atoms with Gasteiger partial charge in [0.2, 0.25) is 5.88 Å². The van der Waals surface area contributed by atoms with E-state index in [0.717, 1.165) is 68.2 Å². The molecule has 2 saturated heterocycles. The van der Waals surface area contributed by atoms with Crippen LogP contribution in [0.1, 0.15) is 58.3 Å². The minimum atomic E-state index is -0.440. The van der Waals surface area contributed by atoms with Crippen molar-refractivity contribution in [2.24, 2.45) is 5.92 Å². The summed E-state index contributed by atoms with van der Waals surface area (Å²) in [7, 11) is 1.39. The molecule has 46 heavy (non-hydrogen) atoms. The molecular formula is C35H38FN5O5. The maximum atomic E-state index is 14.7. The summed E-state index contributed by atoms with van der Waals surface area (Å²) in [5.74, 6) is 1.43. The Hall–Kier alpha value is -4.35. The van der Waals surface area contributed by atoms with Crippen molar-refractivity contribution in [1.82, 2.24) is 19.4 Å². The number of Topliss-reactive ketones (excluding diaryl/α,β-unsaturated/α-hetero) is 1. The summed E-state index contributed by atoms with van der Waals surface area (Å²) in [6.45, 7) is 6.69. The number of rotatable bonds is 11. The molecule has 1 saturated carbocycles. The van der Waals surface area contributed by atoms with Crippen molar-refractivity contribution in [3.63, 3.8) is 0 Å². The topological polar surface area (TPSA) is 99.0 Å². The number of imidazole rings is 1. The minimum absolute atomic E-state index is 0.0196. The maximum Gasteiger partial charge on any atom is 0.337 e. The summed E-state index contributed by atoms with van der Waals surface area (Å²) < 4.78 is 33.5. The largest absolute Gasteiger partial charge is 0.473 e. The van der Waals surface area contributed by atoms with Gasteiger partial charge in [-0.1, -0.05) is 18.2 Å². The predicted molar refractivity (Wildman–Crippen MR) is 170 cm³/mol. The molecule has 2 atom stereocenters. The summed E-state index contributed by atoms with van der Waals surface area (Å²) in [5.41, 5.74) is 3.06. The number of hydrogen-bond donors (Lipinski definition) is 0. The van der Waals surface area contributed by atoms with Gasteiger partial charge in [0.1, 0.15) is 24.1 Å². The van der Waals surface area contributed by atoms with Gasteiger partial charge in [-0.3, -0.25) is 9.69 Å².